The van der Waals surface area contributed by atoms with E-state index in [9.17, 15) is 49.4 Å². The highest BCUT2D eigenvalue weighted by molar-refractivity contribution is 6.60. The van der Waals surface area contributed by atoms with E-state index in [4.69, 9.17) is 23.2 Å². The van der Waals surface area contributed by atoms with Crippen molar-refractivity contribution in [3.8, 4) is 0 Å². The van der Waals surface area contributed by atoms with Crippen molar-refractivity contribution in [2.45, 2.75) is 35.0 Å². The topological polar surface area (TPSA) is 64.9 Å². The smallest absolute Gasteiger partial charge is 0.359 e. The number of halogens is 11. The fraction of sp³-hybridized carbons (Fsp3) is 0.333. The van der Waals surface area contributed by atoms with Crippen molar-refractivity contribution in [3.63, 3.8) is 0 Å². The summed E-state index contributed by atoms with van der Waals surface area (Å²) in [5.74, 6) is -3.19. The molecule has 1 unspecified atom stereocenters. The zero-order chi connectivity index (χ0) is 28.0. The van der Waals surface area contributed by atoms with E-state index in [1.54, 1.807) is 35.6 Å². The summed E-state index contributed by atoms with van der Waals surface area (Å²) in [6, 6.07) is 8.02. The van der Waals surface area contributed by atoms with Gasteiger partial charge in [-0.25, -0.2) is 4.99 Å². The number of nitrogens with one attached hydrogen (secondary N) is 1. The van der Waals surface area contributed by atoms with Gasteiger partial charge in [0.1, 0.15) is 0 Å². The number of anilines is 1. The summed E-state index contributed by atoms with van der Waals surface area (Å²) in [5, 5.41) is 11.9. The zero-order valence-corrected chi connectivity index (χ0v) is 19.5. The molecular weight excluding hydrogens is 568 g/mol. The predicted octanol–water partition coefficient (Wildman–Crippen LogP) is 6.00. The molecule has 16 heteroatoms. The highest BCUT2D eigenvalue weighted by Crippen LogP contribution is 2.49. The number of rotatable bonds is 4. The molecule has 3 rings (SSSR count). The second-order valence-electron chi connectivity index (χ2n) is 7.75. The monoisotopic (exact) mass is 581 g/mol. The quantitative estimate of drug-likeness (QED) is 0.344. The molecule has 1 heterocycles. The first-order chi connectivity index (χ1) is 16.8. The summed E-state index contributed by atoms with van der Waals surface area (Å²) in [6.45, 7) is -0.579. The lowest BCUT2D eigenvalue weighted by molar-refractivity contribution is -0.262. The van der Waals surface area contributed by atoms with Crippen molar-refractivity contribution in [1.82, 2.24) is 4.90 Å². The van der Waals surface area contributed by atoms with E-state index in [1.807, 2.05) is 0 Å². The molecule has 37 heavy (non-hydrogen) atoms. The van der Waals surface area contributed by atoms with Crippen molar-refractivity contribution >= 4 is 40.8 Å². The van der Waals surface area contributed by atoms with Gasteiger partial charge in [-0.2, -0.15) is 39.5 Å². The summed E-state index contributed by atoms with van der Waals surface area (Å²) >= 11 is 11.2. The van der Waals surface area contributed by atoms with Gasteiger partial charge in [0.15, 0.2) is 0 Å². The van der Waals surface area contributed by atoms with Crippen LogP contribution in [-0.4, -0.2) is 44.7 Å². The molecule has 5 nitrogen and oxygen atoms in total. The Morgan fingerprint density at radius 1 is 0.919 bits per heavy atom. The predicted molar refractivity (Wildman–Crippen MR) is 115 cm³/mol. The Bertz CT molecular complexity index is 1200. The first kappa shape index (κ1) is 28.9. The molecule has 0 aromatic heterocycles. The Balaban J connectivity index is 2.18. The molecule has 0 saturated heterocycles. The van der Waals surface area contributed by atoms with Crippen LogP contribution in [0.4, 0.5) is 45.2 Å². The van der Waals surface area contributed by atoms with E-state index in [0.29, 0.717) is 10.5 Å². The van der Waals surface area contributed by atoms with Gasteiger partial charge in [0.25, 0.3) is 16.0 Å². The van der Waals surface area contributed by atoms with E-state index in [2.05, 4.69) is 4.99 Å². The van der Waals surface area contributed by atoms with Crippen LogP contribution in [0.25, 0.3) is 0 Å². The van der Waals surface area contributed by atoms with Gasteiger partial charge in [-0.05, 0) is 30.2 Å². The summed E-state index contributed by atoms with van der Waals surface area (Å²) in [6.07, 6.45) is -16.4. The molecule has 0 fully saturated rings. The SMILES string of the molecule is O=C1N(CCc2ccccc2)C(Nc2cc(C(F)(F)F)ccc2C(F)(F)F)=NC(O)(C(F)(F)F)C1(Cl)Cl. The van der Waals surface area contributed by atoms with E-state index in [-0.39, 0.29) is 24.6 Å². The van der Waals surface area contributed by atoms with Crippen LogP contribution >= 0.6 is 23.2 Å². The van der Waals surface area contributed by atoms with Crippen LogP contribution in [0, 0.1) is 0 Å². The van der Waals surface area contributed by atoms with Crippen LogP contribution in [0.15, 0.2) is 53.5 Å². The average molecular weight is 582 g/mol. The molecule has 0 radical (unpaired) electrons. The molecule has 0 saturated carbocycles. The summed E-state index contributed by atoms with van der Waals surface area (Å²) in [5.41, 5.74) is -8.75. The Kier molecular flexibility index (Phi) is 7.45. The van der Waals surface area contributed by atoms with Gasteiger partial charge in [-0.3, -0.25) is 9.69 Å². The largest absolute Gasteiger partial charge is 0.442 e. The number of alkyl halides is 11. The molecule has 2 aromatic rings. The molecule has 0 aliphatic carbocycles. The summed E-state index contributed by atoms with van der Waals surface area (Å²) in [4.78, 5) is 16.2. The third-order valence-electron chi connectivity index (χ3n) is 5.24. The van der Waals surface area contributed by atoms with E-state index in [1.165, 1.54) is 0 Å². The maximum Gasteiger partial charge on any atom is 0.442 e. The maximum atomic E-state index is 13.7. The minimum absolute atomic E-state index is 0.0267. The van der Waals surface area contributed by atoms with E-state index < -0.39 is 63.8 Å². The Morgan fingerprint density at radius 3 is 2.03 bits per heavy atom. The van der Waals surface area contributed by atoms with Gasteiger partial charge in [0, 0.05) is 6.54 Å². The normalized spacial score (nSPS) is 20.6. The van der Waals surface area contributed by atoms with Gasteiger partial charge in [0.2, 0.25) is 5.96 Å². The third kappa shape index (κ3) is 5.60. The van der Waals surface area contributed by atoms with Crippen LogP contribution in [-0.2, 0) is 23.6 Å². The lowest BCUT2D eigenvalue weighted by Gasteiger charge is -2.43. The van der Waals surface area contributed by atoms with Crippen LogP contribution in [0.3, 0.4) is 0 Å². The van der Waals surface area contributed by atoms with Crippen LogP contribution in [0.2, 0.25) is 0 Å². The lowest BCUT2D eigenvalue weighted by Crippen LogP contribution is -2.68. The molecule has 1 aliphatic heterocycles. The third-order valence-corrected chi connectivity index (χ3v) is 6.09. The number of hydrogen-bond acceptors (Lipinski definition) is 4. The highest BCUT2D eigenvalue weighted by atomic mass is 35.5. The number of amides is 1. The first-order valence-corrected chi connectivity index (χ1v) is 10.7. The number of nitrogens with zero attached hydrogens (tertiary/aromatic N) is 2. The zero-order valence-electron chi connectivity index (χ0n) is 17.9. The Morgan fingerprint density at radius 2 is 1.51 bits per heavy atom. The highest BCUT2D eigenvalue weighted by Gasteiger charge is 2.73. The van der Waals surface area contributed by atoms with Crippen molar-refractivity contribution in [3.05, 3.63) is 65.2 Å². The number of carbonyl (C=O) groups is 1. The van der Waals surface area contributed by atoms with Crippen molar-refractivity contribution in [2.75, 3.05) is 11.9 Å². The maximum absolute atomic E-state index is 13.7. The number of aliphatic hydroxyl groups is 1. The lowest BCUT2D eigenvalue weighted by atomic mass is 10.0. The van der Waals surface area contributed by atoms with Crippen molar-refractivity contribution in [1.29, 1.82) is 0 Å². The molecule has 2 aromatic carbocycles. The fourth-order valence-electron chi connectivity index (χ4n) is 3.32. The van der Waals surface area contributed by atoms with Gasteiger partial charge in [0.05, 0.1) is 16.8 Å². The number of hydrogen-bond donors (Lipinski definition) is 2. The van der Waals surface area contributed by atoms with Gasteiger partial charge in [-0.1, -0.05) is 53.5 Å². The molecule has 202 valence electrons. The molecule has 1 amide bonds. The van der Waals surface area contributed by atoms with E-state index >= 15 is 0 Å². The second kappa shape index (κ2) is 9.55. The van der Waals surface area contributed by atoms with Gasteiger partial charge < -0.3 is 10.4 Å². The van der Waals surface area contributed by atoms with Crippen molar-refractivity contribution in [2.24, 2.45) is 4.99 Å². The number of carbonyl (C=O) groups excluding carboxylic acids is 1. The minimum atomic E-state index is -5.83. The Hall–Kier alpha value is -2.71. The number of guanidine groups is 1. The second-order valence-corrected chi connectivity index (χ2v) is 9.08. The van der Waals surface area contributed by atoms with Crippen LogP contribution in [0.5, 0.6) is 0 Å². The van der Waals surface area contributed by atoms with Crippen molar-refractivity contribution < 1.29 is 49.4 Å². The number of benzene rings is 2. The van der Waals surface area contributed by atoms with E-state index in [0.717, 1.165) is 0 Å². The van der Waals surface area contributed by atoms with Gasteiger partial charge >= 0.3 is 18.5 Å². The number of aliphatic imine (C=N–C) groups is 1. The molecule has 2 N–H and O–H groups in total. The van der Waals surface area contributed by atoms with Crippen LogP contribution in [0.1, 0.15) is 16.7 Å². The molecular formula is C21H14Cl2F9N3O2. The summed E-state index contributed by atoms with van der Waals surface area (Å²) in [7, 11) is 0. The van der Waals surface area contributed by atoms with Gasteiger partial charge in [-0.15, -0.1) is 0 Å². The summed E-state index contributed by atoms with van der Waals surface area (Å²) < 4.78 is 118. The first-order valence-electron chi connectivity index (χ1n) is 9.97. The molecule has 1 aliphatic rings. The van der Waals surface area contributed by atoms with Crippen LogP contribution < -0.4 is 5.32 Å². The molecule has 1 atom stereocenters. The Labute approximate surface area is 212 Å². The minimum Gasteiger partial charge on any atom is -0.359 e. The fourth-order valence-corrected chi connectivity index (χ4v) is 3.82. The molecule has 0 bridgehead atoms. The average Bonchev–Trinajstić information content (AvgIpc) is 2.76. The standard InChI is InChI=1S/C21H14Cl2F9N3O2/c22-17(23)15(36)35(9-8-11-4-2-1-3-5-11)16(34-20(17,37)21(30,31)32)33-14-10-12(18(24,25)26)6-7-13(14)19(27,28)29/h1-7,10,37H,8-9H2,(H,33,34). The molecule has 0 spiro atoms.